The fourth-order valence-corrected chi connectivity index (χ4v) is 8.98. The molecule has 0 atom stereocenters. The Hall–Kier alpha value is -5.92. The van der Waals surface area contributed by atoms with Gasteiger partial charge >= 0.3 is 0 Å². The van der Waals surface area contributed by atoms with Gasteiger partial charge in [0.05, 0.1) is 0 Å². The van der Waals surface area contributed by atoms with Crippen molar-refractivity contribution < 1.29 is 4.42 Å². The molecule has 1 aliphatic carbocycles. The Kier molecular flexibility index (Phi) is 4.97. The molecule has 0 bridgehead atoms. The standard InChI is InChI=1S/C47H30O/c1-47(2)40-15-6-5-12-34(40)38-25-39-43(26-41(38)47)48-42-16-8-14-35(46(39)42)33-22-18-29-19-23-36-32(21-17-28-20-24-37(33)45(29)44(28)36)31-13-7-10-27-9-3-4-11-30(27)31/h3-26H,1-2H3. The first-order valence-electron chi connectivity index (χ1n) is 16.8. The van der Waals surface area contributed by atoms with Gasteiger partial charge in [-0.25, -0.2) is 0 Å². The van der Waals surface area contributed by atoms with Crippen molar-refractivity contribution in [2.75, 3.05) is 0 Å². The molecule has 0 aliphatic heterocycles. The Morgan fingerprint density at radius 2 is 0.958 bits per heavy atom. The summed E-state index contributed by atoms with van der Waals surface area (Å²) in [7, 11) is 0. The maximum Gasteiger partial charge on any atom is 0.136 e. The van der Waals surface area contributed by atoms with Crippen LogP contribution in [-0.2, 0) is 5.41 Å². The van der Waals surface area contributed by atoms with E-state index in [9.17, 15) is 0 Å². The van der Waals surface area contributed by atoms with E-state index >= 15 is 0 Å². The predicted molar refractivity (Wildman–Crippen MR) is 203 cm³/mol. The van der Waals surface area contributed by atoms with Crippen molar-refractivity contribution >= 4 is 65.0 Å². The first-order valence-corrected chi connectivity index (χ1v) is 16.8. The molecular weight excluding hydrogens is 581 g/mol. The van der Waals surface area contributed by atoms with Crippen molar-refractivity contribution in [3.05, 3.63) is 157 Å². The van der Waals surface area contributed by atoms with E-state index in [1.807, 2.05) is 0 Å². The monoisotopic (exact) mass is 610 g/mol. The van der Waals surface area contributed by atoms with Crippen LogP contribution in [0.4, 0.5) is 0 Å². The summed E-state index contributed by atoms with van der Waals surface area (Å²) in [6, 6.07) is 53.9. The average molecular weight is 611 g/mol. The maximum absolute atomic E-state index is 6.66. The fraction of sp³-hybridized carbons (Fsp3) is 0.0638. The summed E-state index contributed by atoms with van der Waals surface area (Å²) in [5, 5.41) is 12.7. The van der Waals surface area contributed by atoms with Gasteiger partial charge in [0.15, 0.2) is 0 Å². The van der Waals surface area contributed by atoms with E-state index in [-0.39, 0.29) is 5.41 Å². The van der Waals surface area contributed by atoms with Gasteiger partial charge in [0.25, 0.3) is 0 Å². The zero-order valence-corrected chi connectivity index (χ0v) is 26.8. The third-order valence-electron chi connectivity index (χ3n) is 11.2. The lowest BCUT2D eigenvalue weighted by atomic mass is 9.82. The van der Waals surface area contributed by atoms with Crippen molar-refractivity contribution in [1.29, 1.82) is 0 Å². The van der Waals surface area contributed by atoms with Crippen molar-refractivity contribution in [1.82, 2.24) is 0 Å². The van der Waals surface area contributed by atoms with Gasteiger partial charge in [-0.2, -0.15) is 0 Å². The molecule has 1 aliphatic rings. The number of benzene rings is 9. The van der Waals surface area contributed by atoms with Crippen LogP contribution in [0.5, 0.6) is 0 Å². The Labute approximate surface area is 278 Å². The summed E-state index contributed by atoms with van der Waals surface area (Å²) in [4.78, 5) is 0. The SMILES string of the molecule is CC1(C)c2ccccc2-c2cc3c(cc21)oc1cccc(-c2ccc4ccc5c(-c6cccc7ccccc67)ccc6ccc2c4c65)c13. The fourth-order valence-electron chi connectivity index (χ4n) is 8.98. The van der Waals surface area contributed by atoms with Crippen molar-refractivity contribution in [3.63, 3.8) is 0 Å². The first-order chi connectivity index (χ1) is 23.6. The number of fused-ring (bicyclic) bond motifs is 7. The minimum Gasteiger partial charge on any atom is -0.456 e. The van der Waals surface area contributed by atoms with Crippen LogP contribution in [0.3, 0.4) is 0 Å². The van der Waals surface area contributed by atoms with Crippen LogP contribution < -0.4 is 0 Å². The zero-order valence-electron chi connectivity index (χ0n) is 26.8. The zero-order chi connectivity index (χ0) is 31.7. The molecule has 0 spiro atoms. The molecule has 1 heterocycles. The van der Waals surface area contributed by atoms with Crippen LogP contribution in [-0.4, -0.2) is 0 Å². The molecule has 1 heteroatoms. The van der Waals surface area contributed by atoms with E-state index in [1.54, 1.807) is 0 Å². The maximum atomic E-state index is 6.66. The molecule has 0 saturated heterocycles. The molecule has 0 radical (unpaired) electrons. The van der Waals surface area contributed by atoms with Crippen LogP contribution in [0.1, 0.15) is 25.0 Å². The van der Waals surface area contributed by atoms with Gasteiger partial charge in [-0.15, -0.1) is 0 Å². The minimum atomic E-state index is -0.0705. The number of hydrogen-bond donors (Lipinski definition) is 0. The van der Waals surface area contributed by atoms with Crippen molar-refractivity contribution in [2.24, 2.45) is 0 Å². The van der Waals surface area contributed by atoms with Crippen LogP contribution in [0, 0.1) is 0 Å². The van der Waals surface area contributed by atoms with Gasteiger partial charge in [-0.3, -0.25) is 0 Å². The first kappa shape index (κ1) is 26.2. The van der Waals surface area contributed by atoms with E-state index in [2.05, 4.69) is 159 Å². The van der Waals surface area contributed by atoms with Crippen molar-refractivity contribution in [3.8, 4) is 33.4 Å². The topological polar surface area (TPSA) is 13.1 Å². The molecule has 0 N–H and O–H groups in total. The summed E-state index contributed by atoms with van der Waals surface area (Å²) in [5.74, 6) is 0. The van der Waals surface area contributed by atoms with Gasteiger partial charge in [-0.1, -0.05) is 141 Å². The largest absolute Gasteiger partial charge is 0.456 e. The number of hydrogen-bond acceptors (Lipinski definition) is 1. The molecule has 11 rings (SSSR count). The molecule has 0 unspecified atom stereocenters. The highest BCUT2D eigenvalue weighted by molar-refractivity contribution is 6.29. The minimum absolute atomic E-state index is 0.0705. The molecule has 224 valence electrons. The third kappa shape index (κ3) is 3.31. The van der Waals surface area contributed by atoms with E-state index in [4.69, 9.17) is 4.42 Å². The Bertz CT molecular complexity index is 2970. The molecular formula is C47H30O. The molecule has 0 saturated carbocycles. The lowest BCUT2D eigenvalue weighted by Crippen LogP contribution is -2.14. The average Bonchev–Trinajstić information content (AvgIpc) is 3.61. The van der Waals surface area contributed by atoms with E-state index in [1.165, 1.54) is 98.4 Å². The second-order valence-electron chi connectivity index (χ2n) is 14.0. The van der Waals surface area contributed by atoms with Crippen LogP contribution in [0.2, 0.25) is 0 Å². The van der Waals surface area contributed by atoms with E-state index in [0.717, 1.165) is 11.2 Å². The Balaban J connectivity index is 1.20. The number of furan rings is 1. The molecule has 0 fully saturated rings. The van der Waals surface area contributed by atoms with Crippen LogP contribution >= 0.6 is 0 Å². The van der Waals surface area contributed by atoms with Crippen molar-refractivity contribution in [2.45, 2.75) is 19.3 Å². The van der Waals surface area contributed by atoms with Gasteiger partial charge in [0.1, 0.15) is 11.2 Å². The lowest BCUT2D eigenvalue weighted by Gasteiger charge is -2.21. The van der Waals surface area contributed by atoms with E-state index in [0.29, 0.717) is 0 Å². The molecule has 9 aromatic carbocycles. The summed E-state index contributed by atoms with van der Waals surface area (Å²) < 4.78 is 6.66. The van der Waals surface area contributed by atoms with Gasteiger partial charge in [0, 0.05) is 16.2 Å². The Morgan fingerprint density at radius 3 is 1.77 bits per heavy atom. The highest BCUT2D eigenvalue weighted by Crippen LogP contribution is 2.52. The van der Waals surface area contributed by atoms with Gasteiger partial charge in [0.2, 0.25) is 0 Å². The third-order valence-corrected chi connectivity index (χ3v) is 11.2. The molecule has 1 aromatic heterocycles. The molecule has 10 aromatic rings. The van der Waals surface area contributed by atoms with Gasteiger partial charge in [-0.05, 0) is 106 Å². The van der Waals surface area contributed by atoms with Gasteiger partial charge < -0.3 is 4.42 Å². The molecule has 0 amide bonds. The molecule has 1 nitrogen and oxygen atoms in total. The lowest BCUT2D eigenvalue weighted by molar-refractivity contribution is 0.647. The highest BCUT2D eigenvalue weighted by Gasteiger charge is 2.36. The molecule has 48 heavy (non-hydrogen) atoms. The normalized spacial score (nSPS) is 13.8. The summed E-state index contributed by atoms with van der Waals surface area (Å²) in [6.45, 7) is 4.65. The second-order valence-corrected chi connectivity index (χ2v) is 14.0. The highest BCUT2D eigenvalue weighted by atomic mass is 16.3. The predicted octanol–water partition coefficient (Wildman–Crippen LogP) is 13.3. The van der Waals surface area contributed by atoms with E-state index < -0.39 is 0 Å². The Morgan fingerprint density at radius 1 is 0.354 bits per heavy atom. The summed E-state index contributed by atoms with van der Waals surface area (Å²) >= 11 is 0. The summed E-state index contributed by atoms with van der Waals surface area (Å²) in [5.41, 5.74) is 12.2. The smallest absolute Gasteiger partial charge is 0.136 e. The summed E-state index contributed by atoms with van der Waals surface area (Å²) in [6.07, 6.45) is 0. The number of rotatable bonds is 2. The second kappa shape index (κ2) is 9.12. The van der Waals surface area contributed by atoms with Crippen LogP contribution in [0.15, 0.2) is 150 Å². The van der Waals surface area contributed by atoms with Crippen LogP contribution in [0.25, 0.3) is 98.4 Å². The quantitative estimate of drug-likeness (QED) is 0.178.